The monoisotopic (exact) mass is 277 g/mol. The zero-order chi connectivity index (χ0) is 14.4. The Morgan fingerprint density at radius 3 is 2.80 bits per heavy atom. The molecule has 1 N–H and O–H groups in total. The van der Waals surface area contributed by atoms with Gasteiger partial charge in [0.1, 0.15) is 6.61 Å². The first-order chi connectivity index (χ1) is 9.69. The van der Waals surface area contributed by atoms with Crippen LogP contribution in [0.1, 0.15) is 5.69 Å². The maximum atomic E-state index is 10.5. The second kappa shape index (κ2) is 6.55. The van der Waals surface area contributed by atoms with Crippen molar-refractivity contribution >= 4 is 5.97 Å². The average molecular weight is 277 g/mol. The molecule has 0 radical (unpaired) electrons. The molecule has 0 bridgehead atoms. The van der Waals surface area contributed by atoms with E-state index in [-0.39, 0.29) is 6.42 Å². The molecule has 106 valence electrons. The van der Waals surface area contributed by atoms with E-state index < -0.39 is 5.97 Å². The van der Waals surface area contributed by atoms with Crippen molar-refractivity contribution in [1.82, 2.24) is 15.0 Å². The van der Waals surface area contributed by atoms with Crippen LogP contribution in [0.2, 0.25) is 0 Å². The van der Waals surface area contributed by atoms with Crippen molar-refractivity contribution in [3.8, 4) is 11.5 Å². The van der Waals surface area contributed by atoms with Crippen molar-refractivity contribution in [1.29, 1.82) is 0 Å². The van der Waals surface area contributed by atoms with Gasteiger partial charge in [-0.25, -0.2) is 4.68 Å². The highest BCUT2D eigenvalue weighted by atomic mass is 16.5. The van der Waals surface area contributed by atoms with Gasteiger partial charge in [-0.2, -0.15) is 0 Å². The first-order valence-corrected chi connectivity index (χ1v) is 6.05. The van der Waals surface area contributed by atoms with Gasteiger partial charge in [0, 0.05) is 6.20 Å². The molecule has 0 saturated heterocycles. The largest absolute Gasteiger partial charge is 0.493 e. The van der Waals surface area contributed by atoms with E-state index in [1.165, 1.54) is 0 Å². The van der Waals surface area contributed by atoms with E-state index in [9.17, 15) is 4.79 Å². The van der Waals surface area contributed by atoms with Crippen LogP contribution < -0.4 is 9.47 Å². The van der Waals surface area contributed by atoms with E-state index in [0.29, 0.717) is 30.3 Å². The molecule has 0 atom stereocenters. The predicted octanol–water partition coefficient (Wildman–Crippen LogP) is 0.993. The summed E-state index contributed by atoms with van der Waals surface area (Å²) in [5.41, 5.74) is 0.426. The molecule has 7 heteroatoms. The summed E-state index contributed by atoms with van der Waals surface area (Å²) in [7, 11) is 1.58. The van der Waals surface area contributed by atoms with Crippen LogP contribution in [0, 0.1) is 0 Å². The van der Waals surface area contributed by atoms with E-state index in [0.717, 1.165) is 0 Å². The Morgan fingerprint density at radius 2 is 2.10 bits per heavy atom. The number of aromatic nitrogens is 3. The first-order valence-electron chi connectivity index (χ1n) is 6.05. The summed E-state index contributed by atoms with van der Waals surface area (Å²) in [4.78, 5) is 10.5. The number of benzene rings is 1. The molecule has 0 fully saturated rings. The Balaban J connectivity index is 1.86. The summed E-state index contributed by atoms with van der Waals surface area (Å²) >= 11 is 0. The van der Waals surface area contributed by atoms with Crippen molar-refractivity contribution < 1.29 is 19.4 Å². The Hall–Kier alpha value is -2.57. The number of methoxy groups -OCH3 is 1. The molecule has 0 aliphatic carbocycles. The minimum Gasteiger partial charge on any atom is -0.493 e. The van der Waals surface area contributed by atoms with Gasteiger partial charge in [0.25, 0.3) is 0 Å². The van der Waals surface area contributed by atoms with Gasteiger partial charge in [-0.05, 0) is 12.1 Å². The van der Waals surface area contributed by atoms with Crippen molar-refractivity contribution in [3.63, 3.8) is 0 Å². The Labute approximate surface area is 115 Å². The SMILES string of the molecule is COc1ccccc1OCCn1cc(CC(=O)O)nn1. The van der Waals surface area contributed by atoms with E-state index in [1.54, 1.807) is 18.0 Å². The molecular formula is C13H15N3O4. The highest BCUT2D eigenvalue weighted by Gasteiger charge is 2.06. The van der Waals surface area contributed by atoms with Crippen LogP contribution in [0.4, 0.5) is 0 Å². The number of hydrogen-bond acceptors (Lipinski definition) is 5. The van der Waals surface area contributed by atoms with Crippen molar-refractivity contribution in [2.24, 2.45) is 0 Å². The molecule has 0 unspecified atom stereocenters. The van der Waals surface area contributed by atoms with Gasteiger partial charge in [-0.1, -0.05) is 17.3 Å². The fraction of sp³-hybridized carbons (Fsp3) is 0.308. The Bertz CT molecular complexity index is 583. The number of carboxylic acid groups (broad SMARTS) is 1. The topological polar surface area (TPSA) is 86.5 Å². The molecule has 7 nitrogen and oxygen atoms in total. The highest BCUT2D eigenvalue weighted by molar-refractivity contribution is 5.69. The zero-order valence-corrected chi connectivity index (χ0v) is 11.0. The lowest BCUT2D eigenvalue weighted by Gasteiger charge is -2.09. The minimum absolute atomic E-state index is 0.132. The number of hydrogen-bond donors (Lipinski definition) is 1. The van der Waals surface area contributed by atoms with E-state index in [4.69, 9.17) is 14.6 Å². The molecule has 0 spiro atoms. The van der Waals surface area contributed by atoms with Gasteiger partial charge < -0.3 is 14.6 Å². The van der Waals surface area contributed by atoms with Crippen LogP contribution in [-0.4, -0.2) is 39.8 Å². The number of para-hydroxylation sites is 2. The summed E-state index contributed by atoms with van der Waals surface area (Å²) in [6.07, 6.45) is 1.47. The molecule has 2 rings (SSSR count). The molecule has 1 aromatic heterocycles. The predicted molar refractivity (Wildman–Crippen MR) is 69.9 cm³/mol. The minimum atomic E-state index is -0.928. The lowest BCUT2D eigenvalue weighted by Crippen LogP contribution is -2.09. The number of aliphatic carboxylic acids is 1. The quantitative estimate of drug-likeness (QED) is 0.812. The maximum absolute atomic E-state index is 10.5. The summed E-state index contributed by atoms with van der Waals surface area (Å²) in [6, 6.07) is 7.35. The second-order valence-corrected chi connectivity index (χ2v) is 4.04. The van der Waals surface area contributed by atoms with Gasteiger partial charge in [-0.15, -0.1) is 5.10 Å². The third kappa shape index (κ3) is 3.71. The van der Waals surface area contributed by atoms with E-state index >= 15 is 0 Å². The van der Waals surface area contributed by atoms with Crippen LogP contribution >= 0.6 is 0 Å². The average Bonchev–Trinajstić information content (AvgIpc) is 2.86. The third-order valence-corrected chi connectivity index (χ3v) is 2.57. The maximum Gasteiger partial charge on any atom is 0.309 e. The number of carbonyl (C=O) groups is 1. The van der Waals surface area contributed by atoms with E-state index in [2.05, 4.69) is 10.3 Å². The molecular weight excluding hydrogens is 262 g/mol. The summed E-state index contributed by atoms with van der Waals surface area (Å²) in [5, 5.41) is 16.2. The summed E-state index contributed by atoms with van der Waals surface area (Å²) in [6.45, 7) is 0.862. The van der Waals surface area contributed by atoms with Gasteiger partial charge in [0.05, 0.1) is 25.8 Å². The van der Waals surface area contributed by atoms with Crippen LogP contribution in [0.25, 0.3) is 0 Å². The van der Waals surface area contributed by atoms with Crippen LogP contribution in [0.5, 0.6) is 11.5 Å². The third-order valence-electron chi connectivity index (χ3n) is 2.57. The standard InChI is InChI=1S/C13H15N3O4/c1-19-11-4-2-3-5-12(11)20-7-6-16-9-10(14-15-16)8-13(17)18/h2-5,9H,6-8H2,1H3,(H,17,18). The number of carboxylic acids is 1. The summed E-state index contributed by atoms with van der Waals surface area (Å²) < 4.78 is 12.3. The van der Waals surface area contributed by atoms with Gasteiger partial charge in [-0.3, -0.25) is 4.79 Å². The fourth-order valence-corrected chi connectivity index (χ4v) is 1.67. The van der Waals surface area contributed by atoms with Gasteiger partial charge in [0.15, 0.2) is 11.5 Å². The van der Waals surface area contributed by atoms with Gasteiger partial charge >= 0.3 is 5.97 Å². The van der Waals surface area contributed by atoms with Crippen molar-refractivity contribution in [2.75, 3.05) is 13.7 Å². The van der Waals surface area contributed by atoms with Gasteiger partial charge in [0.2, 0.25) is 0 Å². The molecule has 20 heavy (non-hydrogen) atoms. The number of nitrogens with zero attached hydrogens (tertiary/aromatic N) is 3. The van der Waals surface area contributed by atoms with Crippen LogP contribution in [0.3, 0.4) is 0 Å². The lowest BCUT2D eigenvalue weighted by atomic mass is 10.3. The molecule has 2 aromatic rings. The molecule has 1 aromatic carbocycles. The molecule has 1 heterocycles. The van der Waals surface area contributed by atoms with Crippen LogP contribution in [0.15, 0.2) is 30.5 Å². The zero-order valence-electron chi connectivity index (χ0n) is 11.0. The second-order valence-electron chi connectivity index (χ2n) is 4.04. The fourth-order valence-electron chi connectivity index (χ4n) is 1.67. The van der Waals surface area contributed by atoms with E-state index in [1.807, 2.05) is 24.3 Å². The smallest absolute Gasteiger partial charge is 0.309 e. The molecule has 0 aliphatic heterocycles. The normalized spacial score (nSPS) is 10.2. The summed E-state index contributed by atoms with van der Waals surface area (Å²) in [5.74, 6) is 0.390. The van der Waals surface area contributed by atoms with Crippen molar-refractivity contribution in [3.05, 3.63) is 36.2 Å². The molecule has 0 saturated carbocycles. The molecule has 0 amide bonds. The number of ether oxygens (including phenoxy) is 2. The lowest BCUT2D eigenvalue weighted by molar-refractivity contribution is -0.136. The Kier molecular flexibility index (Phi) is 4.54. The highest BCUT2D eigenvalue weighted by Crippen LogP contribution is 2.25. The number of rotatable bonds is 7. The first kappa shape index (κ1) is 13.9. The molecule has 0 aliphatic rings. The van der Waals surface area contributed by atoms with Crippen molar-refractivity contribution in [2.45, 2.75) is 13.0 Å². The van der Waals surface area contributed by atoms with Crippen LogP contribution in [-0.2, 0) is 17.8 Å². The Morgan fingerprint density at radius 1 is 1.35 bits per heavy atom.